The van der Waals surface area contributed by atoms with Crippen LogP contribution in [0.4, 0.5) is 5.82 Å². The minimum absolute atomic E-state index is 0.000530. The summed E-state index contributed by atoms with van der Waals surface area (Å²) in [5.74, 6) is -0.516. The molecule has 0 spiro atoms. The Kier molecular flexibility index (Phi) is 4.94. The minimum atomic E-state index is -0.575. The maximum atomic E-state index is 13.0. The van der Waals surface area contributed by atoms with Crippen molar-refractivity contribution in [3.05, 3.63) is 92.1 Å². The number of methoxy groups -OCH3 is 1. The van der Waals surface area contributed by atoms with Crippen LogP contribution in [0.1, 0.15) is 21.5 Å². The summed E-state index contributed by atoms with van der Waals surface area (Å²) in [5.41, 5.74) is 7.00. The van der Waals surface area contributed by atoms with Crippen LogP contribution in [-0.4, -0.2) is 22.2 Å². The van der Waals surface area contributed by atoms with Gasteiger partial charge >= 0.3 is 11.7 Å². The number of hydrogen-bond acceptors (Lipinski definition) is 5. The zero-order valence-electron chi connectivity index (χ0n) is 15.0. The van der Waals surface area contributed by atoms with E-state index >= 15 is 0 Å². The number of rotatable bonds is 4. The van der Waals surface area contributed by atoms with Crippen molar-refractivity contribution in [1.29, 1.82) is 0 Å². The van der Waals surface area contributed by atoms with E-state index in [0.717, 1.165) is 10.1 Å². The number of benzene rings is 2. The molecule has 2 N–H and O–H groups in total. The third kappa shape index (κ3) is 3.39. The summed E-state index contributed by atoms with van der Waals surface area (Å²) < 4.78 is 7.11. The van der Waals surface area contributed by atoms with Crippen molar-refractivity contribution >= 4 is 11.8 Å². The van der Waals surface area contributed by atoms with Gasteiger partial charge < -0.3 is 10.5 Å². The van der Waals surface area contributed by atoms with Crippen LogP contribution in [0.15, 0.2) is 64.2 Å². The van der Waals surface area contributed by atoms with Crippen molar-refractivity contribution in [2.24, 2.45) is 0 Å². The van der Waals surface area contributed by atoms with E-state index in [2.05, 4.69) is 0 Å². The molecule has 0 aliphatic carbocycles. The summed E-state index contributed by atoms with van der Waals surface area (Å²) in [6.45, 7) is 1.81. The van der Waals surface area contributed by atoms with E-state index in [1.165, 1.54) is 17.7 Å². The second-order valence-electron chi connectivity index (χ2n) is 6.04. The van der Waals surface area contributed by atoms with Crippen LogP contribution in [0.3, 0.4) is 0 Å². The first-order chi connectivity index (χ1) is 12.9. The summed E-state index contributed by atoms with van der Waals surface area (Å²) in [5, 5.41) is 0. The molecule has 0 amide bonds. The summed E-state index contributed by atoms with van der Waals surface area (Å²) in [4.78, 5) is 37.4. The molecule has 7 nitrogen and oxygen atoms in total. The molecule has 0 unspecified atom stereocenters. The lowest BCUT2D eigenvalue weighted by Gasteiger charge is -2.16. The van der Waals surface area contributed by atoms with Gasteiger partial charge in [0.1, 0.15) is 5.82 Å². The lowest BCUT2D eigenvalue weighted by Crippen LogP contribution is -2.40. The zero-order chi connectivity index (χ0) is 19.6. The van der Waals surface area contributed by atoms with E-state index in [-0.39, 0.29) is 12.4 Å². The standard InChI is InChI=1S/C20H19N3O4/c1-13-15(19(25)27-2)9-6-10-16(13)23-17(21)11-18(24)22(20(23)26)12-14-7-4-3-5-8-14/h3-11H,12,21H2,1-2H3. The van der Waals surface area contributed by atoms with Crippen LogP contribution >= 0.6 is 0 Å². The third-order valence-corrected chi connectivity index (χ3v) is 4.35. The number of carbonyl (C=O) groups is 1. The monoisotopic (exact) mass is 365 g/mol. The average molecular weight is 365 g/mol. The van der Waals surface area contributed by atoms with E-state index in [4.69, 9.17) is 10.5 Å². The Morgan fingerprint density at radius 1 is 1.07 bits per heavy atom. The number of aromatic nitrogens is 2. The topological polar surface area (TPSA) is 96.3 Å². The predicted molar refractivity (Wildman–Crippen MR) is 102 cm³/mol. The Hall–Kier alpha value is -3.61. The van der Waals surface area contributed by atoms with E-state index in [0.29, 0.717) is 16.8 Å². The number of carbonyl (C=O) groups excluding carboxylic acids is 1. The Morgan fingerprint density at radius 2 is 1.78 bits per heavy atom. The van der Waals surface area contributed by atoms with Crippen LogP contribution in [0, 0.1) is 6.92 Å². The molecule has 7 heteroatoms. The summed E-state index contributed by atoms with van der Waals surface area (Å²) in [7, 11) is 1.29. The van der Waals surface area contributed by atoms with Gasteiger partial charge in [-0.05, 0) is 30.2 Å². The predicted octanol–water partition coefficient (Wildman–Crippen LogP) is 1.72. The number of nitrogens with zero attached hydrogens (tertiary/aromatic N) is 2. The van der Waals surface area contributed by atoms with Crippen LogP contribution in [0.25, 0.3) is 5.69 Å². The number of ether oxygens (including phenoxy) is 1. The van der Waals surface area contributed by atoms with Crippen LogP contribution in [0.2, 0.25) is 0 Å². The lowest BCUT2D eigenvalue weighted by molar-refractivity contribution is 0.0600. The number of anilines is 1. The Bertz CT molecular complexity index is 1110. The number of nitrogens with two attached hydrogens (primary N) is 1. The molecule has 138 valence electrons. The molecule has 0 fully saturated rings. The molecule has 0 saturated heterocycles. The molecule has 0 saturated carbocycles. The molecule has 0 atom stereocenters. The molecule has 1 heterocycles. The fourth-order valence-electron chi connectivity index (χ4n) is 2.94. The van der Waals surface area contributed by atoms with Gasteiger partial charge in [-0.1, -0.05) is 36.4 Å². The maximum Gasteiger partial charge on any atom is 0.338 e. The fraction of sp³-hybridized carbons (Fsp3) is 0.150. The second kappa shape index (κ2) is 7.33. The summed E-state index contributed by atoms with van der Waals surface area (Å²) >= 11 is 0. The lowest BCUT2D eigenvalue weighted by atomic mass is 10.1. The van der Waals surface area contributed by atoms with Gasteiger partial charge in [0.25, 0.3) is 5.56 Å². The Morgan fingerprint density at radius 3 is 2.44 bits per heavy atom. The van der Waals surface area contributed by atoms with Gasteiger partial charge in [-0.3, -0.25) is 9.36 Å². The van der Waals surface area contributed by atoms with E-state index in [1.807, 2.05) is 30.3 Å². The highest BCUT2D eigenvalue weighted by molar-refractivity contribution is 5.92. The van der Waals surface area contributed by atoms with Crippen LogP contribution in [-0.2, 0) is 11.3 Å². The smallest absolute Gasteiger partial charge is 0.338 e. The van der Waals surface area contributed by atoms with Crippen molar-refractivity contribution in [2.45, 2.75) is 13.5 Å². The summed E-state index contributed by atoms with van der Waals surface area (Å²) in [6, 6.07) is 15.3. The Balaban J connectivity index is 2.21. The molecule has 0 bridgehead atoms. The molecule has 27 heavy (non-hydrogen) atoms. The average Bonchev–Trinajstić information content (AvgIpc) is 2.66. The molecular formula is C20H19N3O4. The molecule has 0 aliphatic heterocycles. The first-order valence-electron chi connectivity index (χ1n) is 8.28. The van der Waals surface area contributed by atoms with Crippen molar-refractivity contribution < 1.29 is 9.53 Å². The largest absolute Gasteiger partial charge is 0.465 e. The SMILES string of the molecule is COC(=O)c1cccc(-n2c(N)cc(=O)n(Cc3ccccc3)c2=O)c1C. The molecule has 1 aromatic heterocycles. The zero-order valence-corrected chi connectivity index (χ0v) is 15.0. The fourth-order valence-corrected chi connectivity index (χ4v) is 2.94. The van der Waals surface area contributed by atoms with Crippen LogP contribution < -0.4 is 17.0 Å². The number of esters is 1. The molecule has 0 radical (unpaired) electrons. The number of hydrogen-bond donors (Lipinski definition) is 1. The van der Waals surface area contributed by atoms with Crippen molar-refractivity contribution in [3.8, 4) is 5.69 Å². The highest BCUT2D eigenvalue weighted by Gasteiger charge is 2.17. The van der Waals surface area contributed by atoms with E-state index in [1.54, 1.807) is 25.1 Å². The minimum Gasteiger partial charge on any atom is -0.465 e. The quantitative estimate of drug-likeness (QED) is 0.710. The third-order valence-electron chi connectivity index (χ3n) is 4.35. The molecular weight excluding hydrogens is 346 g/mol. The van der Waals surface area contributed by atoms with Gasteiger partial charge in [0.15, 0.2) is 0 Å². The first-order valence-corrected chi connectivity index (χ1v) is 8.28. The van der Waals surface area contributed by atoms with Gasteiger partial charge in [0.05, 0.1) is 24.9 Å². The van der Waals surface area contributed by atoms with Gasteiger partial charge in [-0.25, -0.2) is 14.2 Å². The Labute approximate surface area is 155 Å². The molecule has 3 aromatic rings. The highest BCUT2D eigenvalue weighted by Crippen LogP contribution is 2.19. The van der Waals surface area contributed by atoms with Gasteiger partial charge in [-0.2, -0.15) is 0 Å². The van der Waals surface area contributed by atoms with Crippen LogP contribution in [0.5, 0.6) is 0 Å². The van der Waals surface area contributed by atoms with Crippen molar-refractivity contribution in [2.75, 3.05) is 12.8 Å². The molecule has 0 aliphatic rings. The normalized spacial score (nSPS) is 10.6. The van der Waals surface area contributed by atoms with E-state index in [9.17, 15) is 14.4 Å². The van der Waals surface area contributed by atoms with Gasteiger partial charge in [-0.15, -0.1) is 0 Å². The van der Waals surface area contributed by atoms with Gasteiger partial charge in [0.2, 0.25) is 0 Å². The maximum absolute atomic E-state index is 13.0. The summed E-state index contributed by atoms with van der Waals surface area (Å²) in [6.07, 6.45) is 0. The van der Waals surface area contributed by atoms with Crippen molar-refractivity contribution in [3.63, 3.8) is 0 Å². The van der Waals surface area contributed by atoms with Gasteiger partial charge in [0, 0.05) is 6.07 Å². The highest BCUT2D eigenvalue weighted by atomic mass is 16.5. The molecule has 2 aromatic carbocycles. The van der Waals surface area contributed by atoms with E-state index < -0.39 is 17.2 Å². The first kappa shape index (κ1) is 18.2. The van der Waals surface area contributed by atoms with Crippen molar-refractivity contribution in [1.82, 2.24) is 9.13 Å². The molecule has 3 rings (SSSR count). The number of nitrogen functional groups attached to an aromatic ring is 1. The second-order valence-corrected chi connectivity index (χ2v) is 6.04.